The number of rotatable bonds is 5. The van der Waals surface area contributed by atoms with Gasteiger partial charge in [0.15, 0.2) is 0 Å². The van der Waals surface area contributed by atoms with Crippen LogP contribution in [0.1, 0.15) is 10.4 Å². The Morgan fingerprint density at radius 1 is 0.719 bits per heavy atom. The van der Waals surface area contributed by atoms with E-state index < -0.39 is 0 Å². The number of fused-ring (bicyclic) bond motifs is 1. The van der Waals surface area contributed by atoms with E-state index in [-0.39, 0.29) is 5.91 Å². The molecule has 0 fully saturated rings. The van der Waals surface area contributed by atoms with E-state index in [0.29, 0.717) is 17.2 Å². The first-order chi connectivity index (χ1) is 15.7. The van der Waals surface area contributed by atoms with E-state index in [0.717, 1.165) is 27.7 Å². The van der Waals surface area contributed by atoms with Gasteiger partial charge in [-0.05, 0) is 65.4 Å². The summed E-state index contributed by atoms with van der Waals surface area (Å²) in [6, 6.07) is 26.7. The predicted octanol–water partition coefficient (Wildman–Crippen LogP) is 5.69. The summed E-state index contributed by atoms with van der Waals surface area (Å²) in [6.07, 6.45) is 5.17. The van der Waals surface area contributed by atoms with Crippen LogP contribution < -0.4 is 10.6 Å². The number of hydrogen-bond acceptors (Lipinski definition) is 5. The number of carbonyl (C=O) groups is 1. The number of aromatic nitrogens is 3. The molecule has 0 radical (unpaired) electrons. The number of anilines is 3. The highest BCUT2D eigenvalue weighted by atomic mass is 16.1. The second-order valence-corrected chi connectivity index (χ2v) is 7.22. The van der Waals surface area contributed by atoms with Gasteiger partial charge in [0, 0.05) is 41.1 Å². The van der Waals surface area contributed by atoms with Gasteiger partial charge >= 0.3 is 0 Å². The average Bonchev–Trinajstić information content (AvgIpc) is 2.85. The van der Waals surface area contributed by atoms with Crippen LogP contribution in [-0.4, -0.2) is 20.9 Å². The fourth-order valence-corrected chi connectivity index (χ4v) is 3.40. The molecular formula is C26H19N5O. The third-order valence-corrected chi connectivity index (χ3v) is 5.04. The van der Waals surface area contributed by atoms with Crippen molar-refractivity contribution in [1.29, 1.82) is 0 Å². The summed E-state index contributed by atoms with van der Waals surface area (Å²) in [7, 11) is 0. The van der Waals surface area contributed by atoms with Crippen LogP contribution >= 0.6 is 0 Å². The standard InChI is InChI=1S/C26H19N5O/c32-25(21-6-5-18-3-1-2-4-20(18)17-21)29-22-7-9-23(10-8-22)30-26-28-16-13-24(31-26)19-11-14-27-15-12-19/h1-17H,(H,29,32)(H,28,30,31). The molecule has 32 heavy (non-hydrogen) atoms. The molecule has 0 aliphatic carbocycles. The topological polar surface area (TPSA) is 79.8 Å². The lowest BCUT2D eigenvalue weighted by atomic mass is 10.1. The van der Waals surface area contributed by atoms with Crippen molar-refractivity contribution >= 4 is 34.0 Å². The van der Waals surface area contributed by atoms with Crippen molar-refractivity contribution in [2.24, 2.45) is 0 Å². The third-order valence-electron chi connectivity index (χ3n) is 5.04. The highest BCUT2D eigenvalue weighted by Crippen LogP contribution is 2.21. The summed E-state index contributed by atoms with van der Waals surface area (Å²) in [4.78, 5) is 25.5. The van der Waals surface area contributed by atoms with Gasteiger partial charge in [0.25, 0.3) is 5.91 Å². The third kappa shape index (κ3) is 4.29. The van der Waals surface area contributed by atoms with Gasteiger partial charge in [-0.1, -0.05) is 30.3 Å². The van der Waals surface area contributed by atoms with Crippen LogP contribution in [0.2, 0.25) is 0 Å². The van der Waals surface area contributed by atoms with Crippen molar-refractivity contribution in [3.63, 3.8) is 0 Å². The van der Waals surface area contributed by atoms with Crippen LogP contribution in [0, 0.1) is 0 Å². The molecule has 3 aromatic carbocycles. The maximum absolute atomic E-state index is 12.7. The fraction of sp³-hybridized carbons (Fsp3) is 0. The molecule has 0 spiro atoms. The first kappa shape index (κ1) is 19.4. The molecule has 0 aliphatic rings. The maximum Gasteiger partial charge on any atom is 0.255 e. The number of hydrogen-bond donors (Lipinski definition) is 2. The molecule has 0 saturated heterocycles. The van der Waals surface area contributed by atoms with Gasteiger partial charge in [-0.25, -0.2) is 9.97 Å². The van der Waals surface area contributed by atoms with Crippen LogP contribution in [0.4, 0.5) is 17.3 Å². The summed E-state index contributed by atoms with van der Waals surface area (Å²) in [5.74, 6) is 0.345. The zero-order chi connectivity index (χ0) is 21.8. The number of amides is 1. The number of benzene rings is 3. The van der Waals surface area contributed by atoms with Crippen LogP contribution in [0.25, 0.3) is 22.0 Å². The first-order valence-electron chi connectivity index (χ1n) is 10.2. The Bertz CT molecular complexity index is 1380. The van der Waals surface area contributed by atoms with Gasteiger partial charge in [0.2, 0.25) is 5.95 Å². The molecular weight excluding hydrogens is 398 g/mol. The van der Waals surface area contributed by atoms with Crippen molar-refractivity contribution in [3.8, 4) is 11.3 Å². The van der Waals surface area contributed by atoms with Crippen molar-refractivity contribution in [2.45, 2.75) is 0 Å². The molecule has 0 aliphatic heterocycles. The first-order valence-corrected chi connectivity index (χ1v) is 10.2. The van der Waals surface area contributed by atoms with E-state index in [4.69, 9.17) is 0 Å². The smallest absolute Gasteiger partial charge is 0.255 e. The molecule has 0 unspecified atom stereocenters. The Balaban J connectivity index is 1.27. The van der Waals surface area contributed by atoms with E-state index in [1.54, 1.807) is 18.6 Å². The lowest BCUT2D eigenvalue weighted by Gasteiger charge is -2.09. The molecule has 2 N–H and O–H groups in total. The molecule has 1 amide bonds. The summed E-state index contributed by atoms with van der Waals surface area (Å²) in [6.45, 7) is 0. The van der Waals surface area contributed by atoms with Crippen LogP contribution in [-0.2, 0) is 0 Å². The summed E-state index contributed by atoms with van der Waals surface area (Å²) in [5, 5.41) is 8.28. The second kappa shape index (κ2) is 8.65. The molecule has 0 saturated carbocycles. The molecule has 2 heterocycles. The Morgan fingerprint density at radius 3 is 2.28 bits per heavy atom. The molecule has 154 valence electrons. The minimum atomic E-state index is -0.148. The van der Waals surface area contributed by atoms with Crippen molar-refractivity contribution in [2.75, 3.05) is 10.6 Å². The number of nitrogens with one attached hydrogen (secondary N) is 2. The second-order valence-electron chi connectivity index (χ2n) is 7.22. The Kier molecular flexibility index (Phi) is 5.24. The van der Waals surface area contributed by atoms with Crippen LogP contribution in [0.15, 0.2) is 104 Å². The van der Waals surface area contributed by atoms with Crippen molar-refractivity contribution < 1.29 is 4.79 Å². The minimum absolute atomic E-state index is 0.148. The lowest BCUT2D eigenvalue weighted by Crippen LogP contribution is -2.11. The van der Waals surface area contributed by atoms with E-state index in [1.807, 2.05) is 84.9 Å². The maximum atomic E-state index is 12.7. The lowest BCUT2D eigenvalue weighted by molar-refractivity contribution is 0.102. The largest absolute Gasteiger partial charge is 0.324 e. The Labute approximate surface area is 185 Å². The zero-order valence-corrected chi connectivity index (χ0v) is 17.1. The van der Waals surface area contributed by atoms with Gasteiger partial charge in [0.1, 0.15) is 0 Å². The molecule has 5 aromatic rings. The summed E-state index contributed by atoms with van der Waals surface area (Å²) >= 11 is 0. The van der Waals surface area contributed by atoms with Gasteiger partial charge in [-0.3, -0.25) is 9.78 Å². The van der Waals surface area contributed by atoms with E-state index >= 15 is 0 Å². The summed E-state index contributed by atoms with van der Waals surface area (Å²) in [5.41, 5.74) is 3.93. The zero-order valence-electron chi connectivity index (χ0n) is 17.1. The SMILES string of the molecule is O=C(Nc1ccc(Nc2nccc(-c3ccncc3)n2)cc1)c1ccc2ccccc2c1. The molecule has 0 bridgehead atoms. The van der Waals surface area contributed by atoms with E-state index in [2.05, 4.69) is 25.6 Å². The number of pyridine rings is 1. The molecule has 2 aromatic heterocycles. The normalized spacial score (nSPS) is 10.6. The van der Waals surface area contributed by atoms with Gasteiger partial charge in [0.05, 0.1) is 5.69 Å². The number of nitrogens with zero attached hydrogens (tertiary/aromatic N) is 3. The highest BCUT2D eigenvalue weighted by Gasteiger charge is 2.08. The Morgan fingerprint density at radius 2 is 1.47 bits per heavy atom. The number of carbonyl (C=O) groups excluding carboxylic acids is 1. The average molecular weight is 417 g/mol. The molecule has 5 rings (SSSR count). The Hall–Kier alpha value is -4.58. The van der Waals surface area contributed by atoms with Crippen molar-refractivity contribution in [3.05, 3.63) is 109 Å². The van der Waals surface area contributed by atoms with Gasteiger partial charge in [-0.2, -0.15) is 0 Å². The summed E-state index contributed by atoms with van der Waals surface area (Å²) < 4.78 is 0. The highest BCUT2D eigenvalue weighted by molar-refractivity contribution is 6.06. The quantitative estimate of drug-likeness (QED) is 0.384. The molecule has 6 heteroatoms. The molecule has 6 nitrogen and oxygen atoms in total. The van der Waals surface area contributed by atoms with Gasteiger partial charge in [-0.15, -0.1) is 0 Å². The fourth-order valence-electron chi connectivity index (χ4n) is 3.40. The predicted molar refractivity (Wildman–Crippen MR) is 127 cm³/mol. The van der Waals surface area contributed by atoms with E-state index in [9.17, 15) is 4.79 Å². The van der Waals surface area contributed by atoms with Crippen molar-refractivity contribution in [1.82, 2.24) is 15.0 Å². The van der Waals surface area contributed by atoms with Gasteiger partial charge < -0.3 is 10.6 Å². The minimum Gasteiger partial charge on any atom is -0.324 e. The molecule has 0 atom stereocenters. The monoisotopic (exact) mass is 417 g/mol. The van der Waals surface area contributed by atoms with Crippen LogP contribution in [0.5, 0.6) is 0 Å². The van der Waals surface area contributed by atoms with E-state index in [1.165, 1.54) is 0 Å². The van der Waals surface area contributed by atoms with Crippen LogP contribution in [0.3, 0.4) is 0 Å².